The summed E-state index contributed by atoms with van der Waals surface area (Å²) in [5.74, 6) is 1.66. The summed E-state index contributed by atoms with van der Waals surface area (Å²) in [6.45, 7) is 5.75. The maximum absolute atomic E-state index is 13.0. The number of halogens is 4. The first-order chi connectivity index (χ1) is 13.9. The third kappa shape index (κ3) is 6.49. The van der Waals surface area contributed by atoms with E-state index in [4.69, 9.17) is 4.42 Å². The van der Waals surface area contributed by atoms with E-state index in [0.717, 1.165) is 24.8 Å². The van der Waals surface area contributed by atoms with Gasteiger partial charge in [-0.3, -0.25) is 14.8 Å². The molecule has 2 saturated heterocycles. The number of guanidine groups is 1. The molecule has 1 aromatic heterocycles. The molecule has 0 bridgehead atoms. The Labute approximate surface area is 193 Å². The van der Waals surface area contributed by atoms with Crippen molar-refractivity contribution in [2.45, 2.75) is 44.4 Å². The van der Waals surface area contributed by atoms with Crippen molar-refractivity contribution in [2.75, 3.05) is 52.9 Å². The Hall–Kier alpha value is -1.01. The van der Waals surface area contributed by atoms with Crippen molar-refractivity contribution in [3.8, 4) is 0 Å². The van der Waals surface area contributed by atoms with Crippen LogP contribution in [-0.4, -0.2) is 85.7 Å². The molecule has 0 radical (unpaired) electrons. The maximum Gasteiger partial charge on any atom is 0.403 e. The van der Waals surface area contributed by atoms with Crippen LogP contribution in [0.5, 0.6) is 0 Å². The lowest BCUT2D eigenvalue weighted by molar-refractivity contribution is -0.181. The van der Waals surface area contributed by atoms with Crippen molar-refractivity contribution in [3.05, 3.63) is 24.2 Å². The average molecular weight is 543 g/mol. The minimum absolute atomic E-state index is 0. The van der Waals surface area contributed by atoms with E-state index in [1.807, 2.05) is 17.0 Å². The van der Waals surface area contributed by atoms with Gasteiger partial charge < -0.3 is 14.6 Å². The van der Waals surface area contributed by atoms with Crippen LogP contribution in [0, 0.1) is 0 Å². The van der Waals surface area contributed by atoms with E-state index in [1.54, 1.807) is 13.3 Å². The zero-order valence-corrected chi connectivity index (χ0v) is 20.0. The highest BCUT2D eigenvalue weighted by Crippen LogP contribution is 2.26. The van der Waals surface area contributed by atoms with Crippen molar-refractivity contribution in [2.24, 2.45) is 4.99 Å². The molecule has 3 heterocycles. The van der Waals surface area contributed by atoms with Crippen molar-refractivity contribution < 1.29 is 17.6 Å². The van der Waals surface area contributed by atoms with E-state index >= 15 is 0 Å². The van der Waals surface area contributed by atoms with Crippen molar-refractivity contribution in [3.63, 3.8) is 0 Å². The Morgan fingerprint density at radius 2 is 1.77 bits per heavy atom. The van der Waals surface area contributed by atoms with Crippen LogP contribution in [0.2, 0.25) is 0 Å². The number of nitrogens with one attached hydrogen (secondary N) is 1. The number of hydrogen-bond donors (Lipinski definition) is 1. The molecule has 0 aromatic carbocycles. The van der Waals surface area contributed by atoms with Crippen molar-refractivity contribution in [1.82, 2.24) is 20.0 Å². The van der Waals surface area contributed by atoms with Gasteiger partial charge in [0.15, 0.2) is 5.96 Å². The Balaban J connectivity index is 0.00000320. The number of rotatable bonds is 5. The van der Waals surface area contributed by atoms with Crippen LogP contribution < -0.4 is 5.32 Å². The monoisotopic (exact) mass is 543 g/mol. The molecule has 0 spiro atoms. The SMILES string of the molecule is CN=C(NCC(c1ccco1)N1CCCCC1)N1CCN(C(C)C(F)(F)F)CC1.I. The molecule has 3 rings (SSSR count). The number of nitrogens with zero attached hydrogens (tertiary/aromatic N) is 4. The second-order valence-electron chi connectivity index (χ2n) is 7.80. The first-order valence-electron chi connectivity index (χ1n) is 10.4. The first kappa shape index (κ1) is 25.3. The summed E-state index contributed by atoms with van der Waals surface area (Å²) in [5, 5.41) is 3.43. The molecular weight excluding hydrogens is 510 g/mol. The highest BCUT2D eigenvalue weighted by atomic mass is 127. The smallest absolute Gasteiger partial charge is 0.403 e. The summed E-state index contributed by atoms with van der Waals surface area (Å²) in [5.41, 5.74) is 0. The largest absolute Gasteiger partial charge is 0.468 e. The number of aliphatic imine (C=N–C) groups is 1. The predicted octanol–water partition coefficient (Wildman–Crippen LogP) is 3.57. The number of likely N-dealkylation sites (tertiary alicyclic amines) is 1. The predicted molar refractivity (Wildman–Crippen MR) is 122 cm³/mol. The average Bonchev–Trinajstić information content (AvgIpc) is 3.25. The number of alkyl halides is 3. The molecule has 2 aliphatic rings. The molecule has 2 atom stereocenters. The molecule has 6 nitrogen and oxygen atoms in total. The summed E-state index contributed by atoms with van der Waals surface area (Å²) in [6.07, 6.45) is 1.14. The van der Waals surface area contributed by atoms with Gasteiger partial charge in [0.25, 0.3) is 0 Å². The van der Waals surface area contributed by atoms with Gasteiger partial charge in [0.2, 0.25) is 0 Å². The summed E-state index contributed by atoms with van der Waals surface area (Å²) in [4.78, 5) is 10.3. The molecule has 30 heavy (non-hydrogen) atoms. The van der Waals surface area contributed by atoms with Crippen LogP contribution in [0.1, 0.15) is 38.0 Å². The third-order valence-electron chi connectivity index (χ3n) is 6.00. The topological polar surface area (TPSA) is 47.3 Å². The number of piperidine rings is 1. The fraction of sp³-hybridized carbons (Fsp3) is 0.750. The Kier molecular flexibility index (Phi) is 9.73. The van der Waals surface area contributed by atoms with Crippen LogP contribution >= 0.6 is 24.0 Å². The molecule has 2 aliphatic heterocycles. The third-order valence-corrected chi connectivity index (χ3v) is 6.00. The number of furan rings is 1. The summed E-state index contributed by atoms with van der Waals surface area (Å²) >= 11 is 0. The van der Waals surface area contributed by atoms with Gasteiger partial charge >= 0.3 is 6.18 Å². The van der Waals surface area contributed by atoms with E-state index in [0.29, 0.717) is 32.7 Å². The van der Waals surface area contributed by atoms with E-state index in [-0.39, 0.29) is 30.0 Å². The van der Waals surface area contributed by atoms with Gasteiger partial charge in [-0.05, 0) is 45.0 Å². The van der Waals surface area contributed by atoms with Crippen LogP contribution in [0.4, 0.5) is 13.2 Å². The zero-order chi connectivity index (χ0) is 20.9. The second-order valence-corrected chi connectivity index (χ2v) is 7.80. The second kappa shape index (κ2) is 11.6. The van der Waals surface area contributed by atoms with Crippen molar-refractivity contribution in [1.29, 1.82) is 0 Å². The zero-order valence-electron chi connectivity index (χ0n) is 17.7. The van der Waals surface area contributed by atoms with E-state index < -0.39 is 12.2 Å². The Morgan fingerprint density at radius 3 is 2.30 bits per heavy atom. The van der Waals surface area contributed by atoms with Crippen LogP contribution in [0.25, 0.3) is 0 Å². The van der Waals surface area contributed by atoms with Gasteiger partial charge in [0, 0.05) is 39.8 Å². The molecule has 10 heteroatoms. The molecule has 0 saturated carbocycles. The Morgan fingerprint density at radius 1 is 1.10 bits per heavy atom. The minimum Gasteiger partial charge on any atom is -0.468 e. The minimum atomic E-state index is -4.19. The molecule has 1 N–H and O–H groups in total. The van der Waals surface area contributed by atoms with Gasteiger partial charge in [-0.15, -0.1) is 24.0 Å². The van der Waals surface area contributed by atoms with E-state index in [1.165, 1.54) is 31.1 Å². The van der Waals surface area contributed by atoms with E-state index in [9.17, 15) is 13.2 Å². The molecule has 0 aliphatic carbocycles. The molecular formula is C20H33F3IN5O. The molecule has 0 amide bonds. The standard InChI is InChI=1S/C20H32F3N5O.HI/c1-16(20(21,22)23)26-10-12-28(13-11-26)19(24-2)25-15-17(18-7-6-14-29-18)27-8-4-3-5-9-27;/h6-7,14,16-17H,3-5,8-13,15H2,1-2H3,(H,24,25);1H. The maximum atomic E-state index is 13.0. The van der Waals surface area contributed by atoms with Gasteiger partial charge in [0.1, 0.15) is 11.8 Å². The van der Waals surface area contributed by atoms with Crippen LogP contribution in [0.3, 0.4) is 0 Å². The van der Waals surface area contributed by atoms with Crippen molar-refractivity contribution >= 4 is 29.9 Å². The summed E-state index contributed by atoms with van der Waals surface area (Å²) in [7, 11) is 1.72. The Bertz CT molecular complexity index is 641. The first-order valence-corrected chi connectivity index (χ1v) is 10.4. The highest BCUT2D eigenvalue weighted by Gasteiger charge is 2.41. The lowest BCUT2D eigenvalue weighted by Gasteiger charge is -2.40. The quantitative estimate of drug-likeness (QED) is 0.350. The van der Waals surface area contributed by atoms with Crippen LogP contribution in [0.15, 0.2) is 27.8 Å². The number of piperazine rings is 1. The molecule has 1 aromatic rings. The molecule has 2 fully saturated rings. The lowest BCUT2D eigenvalue weighted by Crippen LogP contribution is -2.57. The fourth-order valence-electron chi connectivity index (χ4n) is 4.17. The summed E-state index contributed by atoms with van der Waals surface area (Å²) < 4.78 is 44.6. The molecule has 172 valence electrons. The van der Waals surface area contributed by atoms with E-state index in [2.05, 4.69) is 15.2 Å². The molecule has 2 unspecified atom stereocenters. The normalized spacial score (nSPS) is 21.8. The number of hydrogen-bond acceptors (Lipinski definition) is 4. The van der Waals surface area contributed by atoms with Gasteiger partial charge in [-0.2, -0.15) is 13.2 Å². The van der Waals surface area contributed by atoms with Gasteiger partial charge in [-0.25, -0.2) is 0 Å². The lowest BCUT2D eigenvalue weighted by atomic mass is 10.1. The summed E-state index contributed by atoms with van der Waals surface area (Å²) in [6, 6.07) is 2.61. The fourth-order valence-corrected chi connectivity index (χ4v) is 4.17. The van der Waals surface area contributed by atoms with Gasteiger partial charge in [0.05, 0.1) is 12.3 Å². The van der Waals surface area contributed by atoms with Crippen LogP contribution in [-0.2, 0) is 0 Å². The van der Waals surface area contributed by atoms with Gasteiger partial charge in [-0.1, -0.05) is 6.42 Å². The highest BCUT2D eigenvalue weighted by molar-refractivity contribution is 14.0.